The zero-order valence-electron chi connectivity index (χ0n) is 32.3. The van der Waals surface area contributed by atoms with Crippen LogP contribution in [0.1, 0.15) is 83.1 Å². The number of Topliss-reactive ketones (excluding diaryl/α,β-unsaturated/α-hetero) is 1. The van der Waals surface area contributed by atoms with Gasteiger partial charge in [-0.25, -0.2) is 18.2 Å². The smallest absolute Gasteiger partial charge is 0.407 e. The highest BCUT2D eigenvalue weighted by atomic mass is 32.2. The van der Waals surface area contributed by atoms with Gasteiger partial charge in [-0.2, -0.15) is 0 Å². The molecule has 3 saturated carbocycles. The molecule has 14 heteroatoms. The van der Waals surface area contributed by atoms with E-state index in [0.29, 0.717) is 55.6 Å². The second-order valence-corrected chi connectivity index (χ2v) is 17.7. The number of hydrogen-bond acceptors (Lipinski definition) is 10. The molecule has 3 amide bonds. The van der Waals surface area contributed by atoms with Crippen molar-refractivity contribution in [2.24, 2.45) is 22.7 Å². The Labute approximate surface area is 333 Å². The number of alkyl carbamates (subject to hydrolysis) is 1. The lowest BCUT2D eigenvalue weighted by atomic mass is 9.86. The molecule has 3 aromatic rings. The van der Waals surface area contributed by atoms with Crippen LogP contribution >= 0.6 is 0 Å². The average Bonchev–Trinajstić information content (AvgIpc) is 4.14. The van der Waals surface area contributed by atoms with Crippen molar-refractivity contribution in [3.8, 4) is 17.0 Å². The Morgan fingerprint density at radius 2 is 1.86 bits per heavy atom. The van der Waals surface area contributed by atoms with Crippen molar-refractivity contribution in [1.29, 1.82) is 0 Å². The van der Waals surface area contributed by atoms with Gasteiger partial charge in [-0.05, 0) is 75.5 Å². The van der Waals surface area contributed by atoms with Crippen LogP contribution in [0, 0.1) is 17.8 Å². The van der Waals surface area contributed by atoms with Crippen LogP contribution in [0.25, 0.3) is 22.2 Å². The number of nitrogens with zero attached hydrogens (tertiary/aromatic N) is 2. The van der Waals surface area contributed by atoms with Gasteiger partial charge in [0.2, 0.25) is 15.9 Å². The highest BCUT2D eigenvalue weighted by Gasteiger charge is 2.62. The van der Waals surface area contributed by atoms with Crippen molar-refractivity contribution < 1.29 is 37.1 Å². The number of sulfonamides is 1. The molecule has 7 rings (SSSR count). The first-order valence-corrected chi connectivity index (χ1v) is 21.7. The van der Waals surface area contributed by atoms with Gasteiger partial charge < -0.3 is 20.1 Å². The molecule has 1 aliphatic heterocycles. The van der Waals surface area contributed by atoms with Gasteiger partial charge in [0.25, 0.3) is 5.91 Å². The standard InChI is InChI=1S/C43H51N5O8S/c1-3-5-14-36-39(49)32-22-30(23-33(32)40(50)47-43(25-29(43)4-2)41(51)48-57(53,54)31-16-17-31)56-38-24-37(28-12-8-6-9-13-28)45-35-18-15-27(21-34(35)38)26-44-19-10-7-11-20-55-42(52)46-36/h4,6,8-9,12-13,15,18,21,24,26,29-33,36H,2-3,5,7,10-11,14,16-17,19-20,22-23,25H2,1H3,(H,46,52)(H,47,50)(H,48,51)/b44-26+/t29-,30-,32?,33+,36+,43-/m1/s1. The minimum absolute atomic E-state index is 0.121. The fraction of sp³-hybridized carbons (Fsp3) is 0.488. The lowest BCUT2D eigenvalue weighted by Crippen LogP contribution is -2.54. The molecule has 1 aromatic heterocycles. The number of carbonyl (C=O) groups is 4. The number of unbranched alkanes of at least 4 members (excludes halogenated alkanes) is 1. The van der Waals surface area contributed by atoms with Crippen LogP contribution in [-0.2, 0) is 29.1 Å². The van der Waals surface area contributed by atoms with E-state index < -0.39 is 68.6 Å². The summed E-state index contributed by atoms with van der Waals surface area (Å²) < 4.78 is 40.1. The number of ether oxygens (including phenoxy) is 2. The van der Waals surface area contributed by atoms with E-state index in [-0.39, 0.29) is 31.7 Å². The van der Waals surface area contributed by atoms with E-state index in [1.807, 2.05) is 67.7 Å². The summed E-state index contributed by atoms with van der Waals surface area (Å²) in [7, 11) is -3.89. The lowest BCUT2D eigenvalue weighted by molar-refractivity contribution is -0.136. The van der Waals surface area contributed by atoms with E-state index in [9.17, 15) is 27.6 Å². The van der Waals surface area contributed by atoms with Crippen molar-refractivity contribution in [2.75, 3.05) is 13.2 Å². The van der Waals surface area contributed by atoms with Gasteiger partial charge >= 0.3 is 6.09 Å². The van der Waals surface area contributed by atoms with Gasteiger partial charge in [-0.1, -0.05) is 62.2 Å². The second-order valence-electron chi connectivity index (χ2n) is 15.7. The predicted molar refractivity (Wildman–Crippen MR) is 216 cm³/mol. The summed E-state index contributed by atoms with van der Waals surface area (Å²) in [6.45, 7) is 6.59. The number of hydrogen-bond donors (Lipinski definition) is 3. The Morgan fingerprint density at radius 1 is 1.05 bits per heavy atom. The van der Waals surface area contributed by atoms with Crippen molar-refractivity contribution >= 4 is 50.8 Å². The number of cyclic esters (lactones) is 1. The van der Waals surface area contributed by atoms with Crippen LogP contribution in [0.5, 0.6) is 5.75 Å². The molecule has 0 spiro atoms. The van der Waals surface area contributed by atoms with Crippen molar-refractivity contribution in [3.05, 3.63) is 72.8 Å². The zero-order valence-corrected chi connectivity index (χ0v) is 33.1. The molecule has 57 heavy (non-hydrogen) atoms. The number of fused-ring (bicyclic) bond motifs is 3. The molecule has 2 heterocycles. The highest BCUT2D eigenvalue weighted by molar-refractivity contribution is 7.91. The normalized spacial score (nSPS) is 27.4. The Bertz CT molecular complexity index is 2160. The van der Waals surface area contributed by atoms with Crippen molar-refractivity contribution in [1.82, 2.24) is 20.3 Å². The minimum atomic E-state index is -3.89. The minimum Gasteiger partial charge on any atom is -0.490 e. The largest absolute Gasteiger partial charge is 0.490 e. The van der Waals surface area contributed by atoms with Crippen LogP contribution in [0.3, 0.4) is 0 Å². The number of nitrogens with one attached hydrogen (secondary N) is 3. The maximum atomic E-state index is 14.6. The molecule has 0 radical (unpaired) electrons. The Kier molecular flexibility index (Phi) is 12.1. The molecule has 3 aliphatic carbocycles. The Morgan fingerprint density at radius 3 is 2.60 bits per heavy atom. The molecule has 3 fully saturated rings. The van der Waals surface area contributed by atoms with Gasteiger partial charge in [0.15, 0.2) is 5.78 Å². The number of rotatable bonds is 10. The molecule has 302 valence electrons. The molecule has 0 saturated heterocycles. The summed E-state index contributed by atoms with van der Waals surface area (Å²) in [5.74, 6) is -3.54. The topological polar surface area (TPSA) is 182 Å². The van der Waals surface area contributed by atoms with Crippen LogP contribution in [-0.4, -0.2) is 79.4 Å². The van der Waals surface area contributed by atoms with E-state index in [4.69, 9.17) is 14.5 Å². The van der Waals surface area contributed by atoms with Gasteiger partial charge in [0.1, 0.15) is 17.4 Å². The molecule has 6 atom stereocenters. The molecular formula is C43H51N5O8S. The molecule has 1 unspecified atom stereocenters. The number of amides is 3. The summed E-state index contributed by atoms with van der Waals surface area (Å²) >= 11 is 0. The third-order valence-electron chi connectivity index (χ3n) is 11.5. The first-order chi connectivity index (χ1) is 27.5. The maximum Gasteiger partial charge on any atom is 0.407 e. The second kappa shape index (κ2) is 17.2. The fourth-order valence-corrected chi connectivity index (χ4v) is 9.36. The van der Waals surface area contributed by atoms with Crippen LogP contribution < -0.4 is 20.1 Å². The van der Waals surface area contributed by atoms with Gasteiger partial charge in [-0.3, -0.25) is 24.1 Å². The van der Waals surface area contributed by atoms with Crippen molar-refractivity contribution in [2.45, 2.75) is 100 Å². The summed E-state index contributed by atoms with van der Waals surface area (Å²) in [6.07, 6.45) is 7.41. The van der Waals surface area contributed by atoms with Gasteiger partial charge in [0.05, 0.1) is 35.0 Å². The average molecular weight is 798 g/mol. The lowest BCUT2D eigenvalue weighted by Gasteiger charge is -2.26. The molecular weight excluding hydrogens is 747 g/mol. The zero-order chi connectivity index (χ0) is 40.2. The highest BCUT2D eigenvalue weighted by Crippen LogP contribution is 2.47. The first-order valence-electron chi connectivity index (χ1n) is 20.2. The molecule has 3 N–H and O–H groups in total. The van der Waals surface area contributed by atoms with Gasteiger partial charge in [0, 0.05) is 41.6 Å². The SMILES string of the molecule is C=C[C@@H]1C[C@]1(NC(=O)[C@H]1C[C@H]2CC1C(=O)[C@H](CCCC)NC(=O)OCCCCC/N=C/c1ccc3nc(-c4ccccc4)cc(c3c1)O2)C(=O)NS(=O)(=O)C1CC1. The van der Waals surface area contributed by atoms with Crippen LogP contribution in [0.4, 0.5) is 4.79 Å². The monoisotopic (exact) mass is 797 g/mol. The third kappa shape index (κ3) is 9.22. The van der Waals surface area contributed by atoms with Crippen LogP contribution in [0.2, 0.25) is 0 Å². The summed E-state index contributed by atoms with van der Waals surface area (Å²) in [6, 6.07) is 16.5. The maximum absolute atomic E-state index is 14.6. The fourth-order valence-electron chi connectivity index (χ4n) is 8.00. The summed E-state index contributed by atoms with van der Waals surface area (Å²) in [5.41, 5.74) is 1.61. The molecule has 13 nitrogen and oxygen atoms in total. The number of benzene rings is 2. The third-order valence-corrected chi connectivity index (χ3v) is 13.3. The number of aromatic nitrogens is 1. The van der Waals surface area contributed by atoms with E-state index in [2.05, 4.69) is 26.9 Å². The van der Waals surface area contributed by atoms with E-state index in [1.54, 1.807) is 0 Å². The Hall–Kier alpha value is -5.11. The predicted octanol–water partition coefficient (Wildman–Crippen LogP) is 5.80. The first kappa shape index (κ1) is 40.1. The Balaban J connectivity index is 1.24. The quantitative estimate of drug-likeness (QED) is 0.214. The van der Waals surface area contributed by atoms with Gasteiger partial charge in [-0.15, -0.1) is 6.58 Å². The molecule has 4 aliphatic rings. The molecule has 2 aromatic carbocycles. The summed E-state index contributed by atoms with van der Waals surface area (Å²) in [5, 5.41) is 5.78. The number of ketones is 1. The number of carbonyl (C=O) groups excluding carboxylic acids is 4. The van der Waals surface area contributed by atoms with Crippen molar-refractivity contribution in [3.63, 3.8) is 0 Å². The van der Waals surface area contributed by atoms with E-state index >= 15 is 0 Å². The number of pyridine rings is 1. The van der Waals surface area contributed by atoms with E-state index in [1.165, 1.54) is 6.08 Å². The van der Waals surface area contributed by atoms with E-state index in [0.717, 1.165) is 35.8 Å². The number of aliphatic imine (C=N–C) groups is 1. The van der Waals surface area contributed by atoms with Crippen LogP contribution in [0.15, 0.2) is 72.2 Å². The molecule has 4 bridgehead atoms. The summed E-state index contributed by atoms with van der Waals surface area (Å²) in [4.78, 5) is 65.3.